The number of nitrogens with zero attached hydrogens (tertiary/aromatic N) is 3. The minimum atomic E-state index is -3.72. The van der Waals surface area contributed by atoms with Crippen LogP contribution in [0.15, 0.2) is 59.5 Å². The summed E-state index contributed by atoms with van der Waals surface area (Å²) in [5, 5.41) is 11.3. The highest BCUT2D eigenvalue weighted by molar-refractivity contribution is 7.92. The molecule has 4 rings (SSSR count). The third kappa shape index (κ3) is 4.51. The normalized spacial score (nSPS) is 13.9. The minimum Gasteiger partial charge on any atom is -0.345 e. The predicted molar refractivity (Wildman–Crippen MR) is 112 cm³/mol. The van der Waals surface area contributed by atoms with Crippen molar-refractivity contribution in [3.05, 3.63) is 71.8 Å². The lowest BCUT2D eigenvalue weighted by atomic mass is 10.2. The average molecular weight is 426 g/mol. The van der Waals surface area contributed by atoms with E-state index in [4.69, 9.17) is 0 Å². The van der Waals surface area contributed by atoms with E-state index in [2.05, 4.69) is 24.8 Å². The monoisotopic (exact) mass is 425 g/mol. The molecule has 0 fully saturated rings. The summed E-state index contributed by atoms with van der Waals surface area (Å²) in [7, 11) is -3.72. The first-order chi connectivity index (χ1) is 14.5. The number of benzene rings is 2. The van der Waals surface area contributed by atoms with Crippen molar-refractivity contribution in [1.29, 1.82) is 0 Å². The molecule has 0 atom stereocenters. The number of carbonyl (C=O) groups is 1. The van der Waals surface area contributed by atoms with Crippen molar-refractivity contribution in [2.45, 2.75) is 43.7 Å². The molecule has 1 amide bonds. The zero-order chi connectivity index (χ0) is 21.0. The number of carbonyl (C=O) groups excluding carboxylic acids is 1. The zero-order valence-electron chi connectivity index (χ0n) is 16.4. The molecule has 156 valence electrons. The van der Waals surface area contributed by atoms with E-state index in [1.807, 2.05) is 6.07 Å². The van der Waals surface area contributed by atoms with Gasteiger partial charge >= 0.3 is 0 Å². The SMILES string of the molecule is O=C(NCc1nnc2n1CCCCC2)c1ccc(S(=O)(=O)Nc2ccccc2)cc1. The van der Waals surface area contributed by atoms with E-state index in [1.54, 1.807) is 24.3 Å². The first kappa shape index (κ1) is 20.1. The van der Waals surface area contributed by atoms with Crippen molar-refractivity contribution in [3.8, 4) is 0 Å². The topological polar surface area (TPSA) is 106 Å². The second-order valence-electron chi connectivity index (χ2n) is 7.17. The Morgan fingerprint density at radius 2 is 1.73 bits per heavy atom. The van der Waals surface area contributed by atoms with Crippen molar-refractivity contribution < 1.29 is 13.2 Å². The lowest BCUT2D eigenvalue weighted by Crippen LogP contribution is -2.25. The van der Waals surface area contributed by atoms with E-state index in [-0.39, 0.29) is 17.3 Å². The van der Waals surface area contributed by atoms with Crippen LogP contribution in [0.25, 0.3) is 0 Å². The molecule has 30 heavy (non-hydrogen) atoms. The molecule has 0 saturated carbocycles. The summed E-state index contributed by atoms with van der Waals surface area (Å²) in [4.78, 5) is 12.6. The Balaban J connectivity index is 1.40. The smallest absolute Gasteiger partial charge is 0.261 e. The van der Waals surface area contributed by atoms with Gasteiger partial charge in [0.2, 0.25) is 0 Å². The first-order valence-electron chi connectivity index (χ1n) is 9.90. The Morgan fingerprint density at radius 3 is 2.50 bits per heavy atom. The average Bonchev–Trinajstić information content (AvgIpc) is 2.98. The highest BCUT2D eigenvalue weighted by Gasteiger charge is 2.17. The molecule has 1 aromatic heterocycles. The van der Waals surface area contributed by atoms with Crippen LogP contribution in [0.5, 0.6) is 0 Å². The number of sulfonamides is 1. The number of anilines is 1. The minimum absolute atomic E-state index is 0.0886. The fraction of sp³-hybridized carbons (Fsp3) is 0.286. The summed E-state index contributed by atoms with van der Waals surface area (Å²) in [6.07, 6.45) is 4.27. The van der Waals surface area contributed by atoms with Crippen LogP contribution >= 0.6 is 0 Å². The molecule has 0 aliphatic carbocycles. The van der Waals surface area contributed by atoms with Gasteiger partial charge in [0.25, 0.3) is 15.9 Å². The maximum Gasteiger partial charge on any atom is 0.261 e. The molecule has 1 aliphatic heterocycles. The Hall–Kier alpha value is -3.20. The van der Waals surface area contributed by atoms with Gasteiger partial charge in [0, 0.05) is 24.2 Å². The van der Waals surface area contributed by atoms with Gasteiger partial charge in [0.05, 0.1) is 11.4 Å². The second-order valence-corrected chi connectivity index (χ2v) is 8.86. The lowest BCUT2D eigenvalue weighted by molar-refractivity contribution is 0.0949. The predicted octanol–water partition coefficient (Wildman–Crippen LogP) is 2.74. The van der Waals surface area contributed by atoms with E-state index in [1.165, 1.54) is 30.7 Å². The quantitative estimate of drug-likeness (QED) is 0.632. The second kappa shape index (κ2) is 8.66. The van der Waals surface area contributed by atoms with Crippen LogP contribution < -0.4 is 10.0 Å². The van der Waals surface area contributed by atoms with Crippen molar-refractivity contribution >= 4 is 21.6 Å². The molecular formula is C21H23N5O3S. The Labute approximate surface area is 175 Å². The van der Waals surface area contributed by atoms with Crippen molar-refractivity contribution in [3.63, 3.8) is 0 Å². The van der Waals surface area contributed by atoms with Crippen LogP contribution in [-0.2, 0) is 29.5 Å². The van der Waals surface area contributed by atoms with E-state index in [9.17, 15) is 13.2 Å². The summed E-state index contributed by atoms with van der Waals surface area (Å²) >= 11 is 0. The van der Waals surface area contributed by atoms with Gasteiger partial charge in [-0.1, -0.05) is 24.6 Å². The molecular weight excluding hydrogens is 402 g/mol. The fourth-order valence-electron chi connectivity index (χ4n) is 3.44. The van der Waals surface area contributed by atoms with Gasteiger partial charge < -0.3 is 9.88 Å². The van der Waals surface area contributed by atoms with Gasteiger partial charge in [0.1, 0.15) is 5.82 Å². The van der Waals surface area contributed by atoms with E-state index >= 15 is 0 Å². The molecule has 1 aliphatic rings. The number of rotatable bonds is 6. The van der Waals surface area contributed by atoms with Crippen LogP contribution in [0.3, 0.4) is 0 Å². The number of fused-ring (bicyclic) bond motifs is 1. The Kier molecular flexibility index (Phi) is 5.80. The maximum absolute atomic E-state index is 12.5. The van der Waals surface area contributed by atoms with Gasteiger partial charge in [-0.05, 0) is 49.2 Å². The molecule has 9 heteroatoms. The molecule has 0 radical (unpaired) electrons. The number of hydrogen-bond donors (Lipinski definition) is 2. The Bertz CT molecular complexity index is 1130. The third-order valence-corrected chi connectivity index (χ3v) is 6.44. The van der Waals surface area contributed by atoms with Crippen molar-refractivity contribution in [2.24, 2.45) is 0 Å². The van der Waals surface area contributed by atoms with E-state index < -0.39 is 10.0 Å². The molecule has 0 saturated heterocycles. The van der Waals surface area contributed by atoms with Crippen LogP contribution in [0.4, 0.5) is 5.69 Å². The lowest BCUT2D eigenvalue weighted by Gasteiger charge is -2.10. The summed E-state index contributed by atoms with van der Waals surface area (Å²) in [6, 6.07) is 14.5. The molecule has 0 bridgehead atoms. The van der Waals surface area contributed by atoms with Gasteiger partial charge in [-0.2, -0.15) is 0 Å². The van der Waals surface area contributed by atoms with E-state index in [0.717, 1.165) is 37.5 Å². The molecule has 2 N–H and O–H groups in total. The Morgan fingerprint density at radius 1 is 0.967 bits per heavy atom. The van der Waals surface area contributed by atoms with Crippen LogP contribution in [0.1, 0.15) is 41.3 Å². The maximum atomic E-state index is 12.5. The molecule has 2 aromatic carbocycles. The van der Waals surface area contributed by atoms with E-state index in [0.29, 0.717) is 11.3 Å². The molecule has 2 heterocycles. The fourth-order valence-corrected chi connectivity index (χ4v) is 4.50. The number of hydrogen-bond acceptors (Lipinski definition) is 5. The highest BCUT2D eigenvalue weighted by Crippen LogP contribution is 2.17. The highest BCUT2D eigenvalue weighted by atomic mass is 32.2. The summed E-state index contributed by atoms with van der Waals surface area (Å²) < 4.78 is 29.6. The summed E-state index contributed by atoms with van der Waals surface area (Å²) in [5.41, 5.74) is 0.857. The van der Waals surface area contributed by atoms with Gasteiger partial charge in [-0.25, -0.2) is 8.42 Å². The van der Waals surface area contributed by atoms with Crippen molar-refractivity contribution in [2.75, 3.05) is 4.72 Å². The molecule has 3 aromatic rings. The standard InChI is InChI=1S/C21H23N5O3S/c27-21(22-15-20-24-23-19-9-5-2-6-14-26(19)20)16-10-12-18(13-11-16)30(28,29)25-17-7-3-1-4-8-17/h1,3-4,7-8,10-13,25H,2,5-6,9,14-15H2,(H,22,27). The van der Waals surface area contributed by atoms with Crippen molar-refractivity contribution in [1.82, 2.24) is 20.1 Å². The van der Waals surface area contributed by atoms with Crippen LogP contribution in [-0.4, -0.2) is 29.1 Å². The number of amides is 1. The molecule has 0 unspecified atom stereocenters. The number of para-hydroxylation sites is 1. The van der Waals surface area contributed by atoms with Crippen LogP contribution in [0, 0.1) is 0 Å². The summed E-state index contributed by atoms with van der Waals surface area (Å²) in [6.45, 7) is 1.15. The third-order valence-electron chi connectivity index (χ3n) is 5.05. The van der Waals surface area contributed by atoms with Gasteiger partial charge in [-0.3, -0.25) is 9.52 Å². The number of nitrogens with one attached hydrogen (secondary N) is 2. The first-order valence-corrected chi connectivity index (χ1v) is 11.4. The number of aromatic nitrogens is 3. The van der Waals surface area contributed by atoms with Gasteiger partial charge in [-0.15, -0.1) is 10.2 Å². The zero-order valence-corrected chi connectivity index (χ0v) is 17.2. The van der Waals surface area contributed by atoms with Crippen LogP contribution in [0.2, 0.25) is 0 Å². The van der Waals surface area contributed by atoms with Gasteiger partial charge in [0.15, 0.2) is 5.82 Å². The molecule has 0 spiro atoms. The summed E-state index contributed by atoms with van der Waals surface area (Å²) in [5.74, 6) is 1.42. The number of aryl methyl sites for hydroxylation is 1. The molecule has 8 nitrogen and oxygen atoms in total. The largest absolute Gasteiger partial charge is 0.345 e.